The van der Waals surface area contributed by atoms with Gasteiger partial charge >= 0.3 is 6.01 Å². The fourth-order valence-corrected chi connectivity index (χ4v) is 1.46. The molecule has 102 valence electrons. The largest absolute Gasteiger partial charge is 0.467 e. The first-order chi connectivity index (χ1) is 8.73. The molecule has 0 aromatic carbocycles. The van der Waals surface area contributed by atoms with Gasteiger partial charge in [-0.1, -0.05) is 13.8 Å². The minimum absolute atomic E-state index is 0.225. The Morgan fingerprint density at radius 2 is 1.83 bits per heavy atom. The van der Waals surface area contributed by atoms with Gasteiger partial charge in [0.2, 0.25) is 11.9 Å². The van der Waals surface area contributed by atoms with Crippen LogP contribution in [0.5, 0.6) is 6.01 Å². The maximum absolute atomic E-state index is 5.27. The molecule has 1 rings (SSSR count). The number of hydrogen-bond donors (Lipinski definition) is 3. The second-order valence-electron chi connectivity index (χ2n) is 3.57. The number of nitrogens with one attached hydrogen (secondary N) is 2. The van der Waals surface area contributed by atoms with Crippen LogP contribution in [-0.2, 0) is 0 Å². The van der Waals surface area contributed by atoms with Gasteiger partial charge < -0.3 is 15.0 Å². The van der Waals surface area contributed by atoms with Crippen molar-refractivity contribution in [3.8, 4) is 6.01 Å². The predicted octanol–water partition coefficient (Wildman–Crippen LogP) is -0.0805. The molecular formula is C10H21N7O. The summed E-state index contributed by atoms with van der Waals surface area (Å²) in [6.07, 6.45) is 0. The Bertz CT molecular complexity index is 334. The monoisotopic (exact) mass is 255 g/mol. The Hall–Kier alpha value is -1.67. The highest BCUT2D eigenvalue weighted by Gasteiger charge is 2.05. The number of methoxy groups -OCH3 is 1. The van der Waals surface area contributed by atoms with Gasteiger partial charge in [-0.25, -0.2) is 5.84 Å². The molecule has 0 fully saturated rings. The van der Waals surface area contributed by atoms with Crippen molar-refractivity contribution in [2.75, 3.05) is 44.0 Å². The van der Waals surface area contributed by atoms with E-state index in [1.807, 2.05) is 0 Å². The van der Waals surface area contributed by atoms with Gasteiger partial charge in [0.15, 0.2) is 0 Å². The molecule has 0 radical (unpaired) electrons. The number of aromatic nitrogens is 3. The van der Waals surface area contributed by atoms with Gasteiger partial charge in [0, 0.05) is 13.1 Å². The van der Waals surface area contributed by atoms with Crippen molar-refractivity contribution in [1.82, 2.24) is 19.9 Å². The second-order valence-corrected chi connectivity index (χ2v) is 3.57. The number of nitrogens with zero attached hydrogens (tertiary/aromatic N) is 4. The van der Waals surface area contributed by atoms with E-state index in [1.54, 1.807) is 0 Å². The van der Waals surface area contributed by atoms with E-state index in [0.29, 0.717) is 5.95 Å². The van der Waals surface area contributed by atoms with Crippen LogP contribution >= 0.6 is 0 Å². The predicted molar refractivity (Wildman–Crippen MR) is 70.5 cm³/mol. The minimum atomic E-state index is 0.225. The van der Waals surface area contributed by atoms with E-state index >= 15 is 0 Å². The molecule has 0 saturated heterocycles. The Morgan fingerprint density at radius 1 is 1.17 bits per heavy atom. The van der Waals surface area contributed by atoms with Crippen LogP contribution in [-0.4, -0.2) is 53.1 Å². The van der Waals surface area contributed by atoms with Gasteiger partial charge in [-0.05, 0) is 13.1 Å². The third-order valence-corrected chi connectivity index (χ3v) is 2.53. The summed E-state index contributed by atoms with van der Waals surface area (Å²) in [5.41, 5.74) is 2.37. The zero-order valence-corrected chi connectivity index (χ0v) is 11.1. The molecule has 0 unspecified atom stereocenters. The van der Waals surface area contributed by atoms with Crippen LogP contribution in [0.25, 0.3) is 0 Å². The zero-order valence-electron chi connectivity index (χ0n) is 11.1. The van der Waals surface area contributed by atoms with Crippen molar-refractivity contribution in [3.05, 3.63) is 0 Å². The fraction of sp³-hybridized carbons (Fsp3) is 0.700. The SMILES string of the molecule is CCN(CC)CCNc1nc(NN)nc(OC)n1. The van der Waals surface area contributed by atoms with Crippen molar-refractivity contribution in [2.24, 2.45) is 5.84 Å². The molecule has 1 aromatic rings. The van der Waals surface area contributed by atoms with Crippen LogP contribution in [0.2, 0.25) is 0 Å². The number of hydrazine groups is 1. The standard InChI is InChI=1S/C10H21N7O/c1-4-17(5-2)7-6-12-8-13-9(16-11)15-10(14-8)18-3/h4-7,11H2,1-3H3,(H2,12,13,14,15,16). The Morgan fingerprint density at radius 3 is 2.39 bits per heavy atom. The zero-order chi connectivity index (χ0) is 13.4. The van der Waals surface area contributed by atoms with Gasteiger partial charge in [0.25, 0.3) is 0 Å². The van der Waals surface area contributed by atoms with Crippen molar-refractivity contribution >= 4 is 11.9 Å². The lowest BCUT2D eigenvalue weighted by Gasteiger charge is -2.18. The van der Waals surface area contributed by atoms with Gasteiger partial charge in [0.1, 0.15) is 0 Å². The first-order valence-electron chi connectivity index (χ1n) is 5.96. The van der Waals surface area contributed by atoms with E-state index in [2.05, 4.69) is 44.4 Å². The normalized spacial score (nSPS) is 10.5. The highest BCUT2D eigenvalue weighted by molar-refractivity contribution is 5.34. The average molecular weight is 255 g/mol. The molecule has 0 aliphatic carbocycles. The van der Waals surface area contributed by atoms with Crippen LogP contribution < -0.4 is 21.3 Å². The second kappa shape index (κ2) is 7.62. The third-order valence-electron chi connectivity index (χ3n) is 2.53. The topological polar surface area (TPSA) is 101 Å². The van der Waals surface area contributed by atoms with Crippen molar-refractivity contribution in [3.63, 3.8) is 0 Å². The molecule has 0 amide bonds. The van der Waals surface area contributed by atoms with Crippen molar-refractivity contribution in [1.29, 1.82) is 0 Å². The summed E-state index contributed by atoms with van der Waals surface area (Å²) in [6, 6.07) is 0.225. The summed E-state index contributed by atoms with van der Waals surface area (Å²) in [6.45, 7) is 7.98. The molecule has 0 spiro atoms. The van der Waals surface area contributed by atoms with E-state index in [1.165, 1.54) is 7.11 Å². The van der Waals surface area contributed by atoms with Crippen LogP contribution in [0.1, 0.15) is 13.8 Å². The molecule has 1 aromatic heterocycles. The molecule has 0 atom stereocenters. The van der Waals surface area contributed by atoms with E-state index in [4.69, 9.17) is 10.6 Å². The lowest BCUT2D eigenvalue weighted by Crippen LogP contribution is -2.29. The first kappa shape index (κ1) is 14.4. The summed E-state index contributed by atoms with van der Waals surface area (Å²) >= 11 is 0. The first-order valence-corrected chi connectivity index (χ1v) is 5.96. The number of likely N-dealkylation sites (N-methyl/N-ethyl adjacent to an activating group) is 1. The van der Waals surface area contributed by atoms with Gasteiger partial charge in [-0.15, -0.1) is 0 Å². The van der Waals surface area contributed by atoms with Gasteiger partial charge in [-0.3, -0.25) is 5.43 Å². The number of hydrogen-bond acceptors (Lipinski definition) is 8. The highest BCUT2D eigenvalue weighted by atomic mass is 16.5. The summed E-state index contributed by atoms with van der Waals surface area (Å²) in [5, 5.41) is 3.11. The summed E-state index contributed by atoms with van der Waals surface area (Å²) in [5.74, 6) is 5.98. The Labute approximate surface area is 107 Å². The molecule has 0 bridgehead atoms. The van der Waals surface area contributed by atoms with Crippen LogP contribution in [0.15, 0.2) is 0 Å². The number of ether oxygens (including phenoxy) is 1. The van der Waals surface area contributed by atoms with Crippen LogP contribution in [0.4, 0.5) is 11.9 Å². The number of anilines is 2. The van der Waals surface area contributed by atoms with E-state index in [0.717, 1.165) is 26.2 Å². The number of nitrogens with two attached hydrogens (primary N) is 1. The Balaban J connectivity index is 2.55. The molecule has 18 heavy (non-hydrogen) atoms. The van der Waals surface area contributed by atoms with Crippen molar-refractivity contribution in [2.45, 2.75) is 13.8 Å². The number of rotatable bonds is 8. The summed E-state index contributed by atoms with van der Waals surface area (Å²) in [7, 11) is 1.50. The summed E-state index contributed by atoms with van der Waals surface area (Å²) < 4.78 is 4.96. The van der Waals surface area contributed by atoms with E-state index in [9.17, 15) is 0 Å². The lowest BCUT2D eigenvalue weighted by atomic mass is 10.4. The molecular weight excluding hydrogens is 234 g/mol. The molecule has 4 N–H and O–H groups in total. The molecule has 0 aliphatic rings. The molecule has 8 heteroatoms. The average Bonchev–Trinajstić information content (AvgIpc) is 2.43. The fourth-order valence-electron chi connectivity index (χ4n) is 1.46. The quantitative estimate of drug-likeness (QED) is 0.438. The van der Waals surface area contributed by atoms with E-state index in [-0.39, 0.29) is 12.0 Å². The maximum Gasteiger partial charge on any atom is 0.322 e. The highest BCUT2D eigenvalue weighted by Crippen LogP contribution is 2.09. The Kier molecular flexibility index (Phi) is 6.09. The van der Waals surface area contributed by atoms with Crippen LogP contribution in [0, 0.1) is 0 Å². The van der Waals surface area contributed by atoms with Gasteiger partial charge in [-0.2, -0.15) is 15.0 Å². The molecule has 1 heterocycles. The van der Waals surface area contributed by atoms with E-state index < -0.39 is 0 Å². The third kappa shape index (κ3) is 4.30. The number of nitrogen functional groups attached to an aromatic ring is 1. The van der Waals surface area contributed by atoms with Gasteiger partial charge in [0.05, 0.1) is 7.11 Å². The summed E-state index contributed by atoms with van der Waals surface area (Å²) in [4.78, 5) is 14.4. The molecule has 0 aliphatic heterocycles. The maximum atomic E-state index is 5.27. The smallest absolute Gasteiger partial charge is 0.322 e. The molecule has 8 nitrogen and oxygen atoms in total. The van der Waals surface area contributed by atoms with Crippen LogP contribution in [0.3, 0.4) is 0 Å². The molecule has 0 saturated carbocycles. The lowest BCUT2D eigenvalue weighted by molar-refractivity contribution is 0.315. The minimum Gasteiger partial charge on any atom is -0.467 e. The van der Waals surface area contributed by atoms with Crippen molar-refractivity contribution < 1.29 is 4.74 Å².